The van der Waals surface area contributed by atoms with Gasteiger partial charge in [-0.2, -0.15) is 0 Å². The van der Waals surface area contributed by atoms with Crippen molar-refractivity contribution in [2.45, 2.75) is 39.3 Å². The fourth-order valence-electron chi connectivity index (χ4n) is 3.02. The number of imidazole rings is 1. The summed E-state index contributed by atoms with van der Waals surface area (Å²) in [4.78, 5) is 11.6. The second-order valence-electron chi connectivity index (χ2n) is 5.04. The number of aryl methyl sites for hydroxylation is 1. The molecule has 0 spiro atoms. The average molecular weight is 244 g/mol. The van der Waals surface area contributed by atoms with E-state index in [-0.39, 0.29) is 0 Å². The quantitative estimate of drug-likeness (QED) is 0.830. The SMILES string of the molecule is CCN1CCCC1Cn1c(C)nc2cccnc21. The summed E-state index contributed by atoms with van der Waals surface area (Å²) in [6.45, 7) is 7.72. The summed E-state index contributed by atoms with van der Waals surface area (Å²) < 4.78 is 2.27. The number of likely N-dealkylation sites (tertiary alicyclic amines) is 1. The number of aromatic nitrogens is 3. The van der Waals surface area contributed by atoms with E-state index in [9.17, 15) is 0 Å². The summed E-state index contributed by atoms with van der Waals surface area (Å²) >= 11 is 0. The molecule has 18 heavy (non-hydrogen) atoms. The van der Waals surface area contributed by atoms with Gasteiger partial charge in [-0.05, 0) is 45.0 Å². The van der Waals surface area contributed by atoms with Gasteiger partial charge < -0.3 is 4.57 Å². The Morgan fingerprint density at radius 3 is 3.17 bits per heavy atom. The van der Waals surface area contributed by atoms with Crippen LogP contribution in [0.3, 0.4) is 0 Å². The van der Waals surface area contributed by atoms with Gasteiger partial charge in [0.05, 0.1) is 0 Å². The van der Waals surface area contributed by atoms with Gasteiger partial charge in [0.1, 0.15) is 11.3 Å². The number of fused-ring (bicyclic) bond motifs is 1. The van der Waals surface area contributed by atoms with Crippen LogP contribution in [0.5, 0.6) is 0 Å². The standard InChI is InChI=1S/C14H20N4/c1-3-17-9-5-6-12(17)10-18-11(2)16-13-7-4-8-15-14(13)18/h4,7-8,12H,3,5-6,9-10H2,1-2H3. The zero-order valence-corrected chi connectivity index (χ0v) is 11.1. The van der Waals surface area contributed by atoms with Crippen LogP contribution >= 0.6 is 0 Å². The van der Waals surface area contributed by atoms with Crippen molar-refractivity contribution in [3.8, 4) is 0 Å². The maximum atomic E-state index is 4.59. The van der Waals surface area contributed by atoms with Crippen LogP contribution < -0.4 is 0 Å². The maximum absolute atomic E-state index is 4.59. The van der Waals surface area contributed by atoms with Crippen LogP contribution in [-0.4, -0.2) is 38.6 Å². The highest BCUT2D eigenvalue weighted by Gasteiger charge is 2.24. The van der Waals surface area contributed by atoms with Crippen LogP contribution in [0.25, 0.3) is 11.2 Å². The molecular weight excluding hydrogens is 224 g/mol. The minimum atomic E-state index is 0.646. The molecule has 1 fully saturated rings. The molecule has 0 saturated carbocycles. The molecule has 1 unspecified atom stereocenters. The van der Waals surface area contributed by atoms with Gasteiger partial charge in [-0.3, -0.25) is 4.90 Å². The maximum Gasteiger partial charge on any atom is 0.160 e. The minimum absolute atomic E-state index is 0.646. The smallest absolute Gasteiger partial charge is 0.160 e. The van der Waals surface area contributed by atoms with Crippen molar-refractivity contribution < 1.29 is 0 Å². The highest BCUT2D eigenvalue weighted by Crippen LogP contribution is 2.21. The van der Waals surface area contributed by atoms with Gasteiger partial charge in [0.2, 0.25) is 0 Å². The monoisotopic (exact) mass is 244 g/mol. The molecule has 3 heterocycles. The number of likely N-dealkylation sites (N-methyl/N-ethyl adjacent to an activating group) is 1. The highest BCUT2D eigenvalue weighted by atomic mass is 15.2. The summed E-state index contributed by atoms with van der Waals surface area (Å²) in [6.07, 6.45) is 4.46. The van der Waals surface area contributed by atoms with E-state index in [0.717, 1.165) is 30.1 Å². The van der Waals surface area contributed by atoms with Gasteiger partial charge in [-0.1, -0.05) is 6.92 Å². The molecule has 0 aliphatic carbocycles. The Bertz CT molecular complexity index is 546. The number of pyridine rings is 1. The third-order valence-corrected chi connectivity index (χ3v) is 3.99. The van der Waals surface area contributed by atoms with Crippen LogP contribution in [-0.2, 0) is 6.54 Å². The Morgan fingerprint density at radius 1 is 1.44 bits per heavy atom. The molecule has 3 rings (SSSR count). The summed E-state index contributed by atoms with van der Waals surface area (Å²) in [5.41, 5.74) is 2.04. The predicted molar refractivity (Wildman–Crippen MR) is 72.5 cm³/mol. The summed E-state index contributed by atoms with van der Waals surface area (Å²) in [5.74, 6) is 1.08. The average Bonchev–Trinajstić information content (AvgIpc) is 2.95. The molecule has 1 aliphatic rings. The van der Waals surface area contributed by atoms with Gasteiger partial charge in [-0.15, -0.1) is 0 Å². The Balaban J connectivity index is 1.92. The molecule has 96 valence electrons. The van der Waals surface area contributed by atoms with Gasteiger partial charge in [0.15, 0.2) is 5.65 Å². The van der Waals surface area contributed by atoms with E-state index in [1.807, 2.05) is 18.3 Å². The molecule has 2 aromatic heterocycles. The Kier molecular flexibility index (Phi) is 3.04. The number of hydrogen-bond donors (Lipinski definition) is 0. The van der Waals surface area contributed by atoms with Gasteiger partial charge in [-0.25, -0.2) is 9.97 Å². The lowest BCUT2D eigenvalue weighted by atomic mass is 10.2. The summed E-state index contributed by atoms with van der Waals surface area (Å²) in [5, 5.41) is 0. The van der Waals surface area contributed by atoms with E-state index in [2.05, 4.69) is 33.3 Å². The van der Waals surface area contributed by atoms with Crippen molar-refractivity contribution >= 4 is 11.2 Å². The van der Waals surface area contributed by atoms with Crippen molar-refractivity contribution in [3.63, 3.8) is 0 Å². The lowest BCUT2D eigenvalue weighted by molar-refractivity contribution is 0.244. The second kappa shape index (κ2) is 4.69. The van der Waals surface area contributed by atoms with Crippen LogP contribution in [0.2, 0.25) is 0 Å². The fourth-order valence-corrected chi connectivity index (χ4v) is 3.02. The van der Waals surface area contributed by atoms with E-state index in [1.165, 1.54) is 19.4 Å². The van der Waals surface area contributed by atoms with Crippen LogP contribution in [0, 0.1) is 6.92 Å². The van der Waals surface area contributed by atoms with Crippen molar-refractivity contribution in [2.75, 3.05) is 13.1 Å². The van der Waals surface area contributed by atoms with Gasteiger partial charge in [0, 0.05) is 18.8 Å². The molecule has 0 radical (unpaired) electrons. The van der Waals surface area contributed by atoms with Crippen molar-refractivity contribution in [3.05, 3.63) is 24.2 Å². The largest absolute Gasteiger partial charge is 0.311 e. The normalized spacial score (nSPS) is 20.9. The predicted octanol–water partition coefficient (Wildman–Crippen LogP) is 2.22. The fraction of sp³-hybridized carbons (Fsp3) is 0.571. The molecule has 0 aromatic carbocycles. The molecule has 0 amide bonds. The van der Waals surface area contributed by atoms with E-state index < -0.39 is 0 Å². The summed E-state index contributed by atoms with van der Waals surface area (Å²) in [6, 6.07) is 4.64. The first kappa shape index (κ1) is 11.7. The molecule has 0 bridgehead atoms. The number of nitrogens with zero attached hydrogens (tertiary/aromatic N) is 4. The number of hydrogen-bond acceptors (Lipinski definition) is 3. The topological polar surface area (TPSA) is 34.0 Å². The third-order valence-electron chi connectivity index (χ3n) is 3.99. The first-order chi connectivity index (χ1) is 8.79. The Morgan fingerprint density at radius 2 is 2.33 bits per heavy atom. The van der Waals surface area contributed by atoms with Crippen molar-refractivity contribution in [2.24, 2.45) is 0 Å². The van der Waals surface area contributed by atoms with Crippen molar-refractivity contribution in [1.29, 1.82) is 0 Å². The lowest BCUT2D eigenvalue weighted by Gasteiger charge is -2.23. The first-order valence-corrected chi connectivity index (χ1v) is 6.81. The first-order valence-electron chi connectivity index (χ1n) is 6.81. The van der Waals surface area contributed by atoms with Crippen LogP contribution in [0.15, 0.2) is 18.3 Å². The molecule has 0 N–H and O–H groups in total. The molecule has 2 aromatic rings. The van der Waals surface area contributed by atoms with Gasteiger partial charge >= 0.3 is 0 Å². The summed E-state index contributed by atoms with van der Waals surface area (Å²) in [7, 11) is 0. The Hall–Kier alpha value is -1.42. The van der Waals surface area contributed by atoms with Crippen molar-refractivity contribution in [1.82, 2.24) is 19.4 Å². The zero-order chi connectivity index (χ0) is 12.5. The second-order valence-corrected chi connectivity index (χ2v) is 5.04. The minimum Gasteiger partial charge on any atom is -0.311 e. The van der Waals surface area contributed by atoms with E-state index in [4.69, 9.17) is 0 Å². The van der Waals surface area contributed by atoms with Crippen LogP contribution in [0.4, 0.5) is 0 Å². The lowest BCUT2D eigenvalue weighted by Crippen LogP contribution is -2.33. The molecule has 4 heteroatoms. The van der Waals surface area contributed by atoms with E-state index >= 15 is 0 Å². The molecule has 1 saturated heterocycles. The molecular formula is C14H20N4. The third kappa shape index (κ3) is 1.90. The zero-order valence-electron chi connectivity index (χ0n) is 11.1. The number of rotatable bonds is 3. The van der Waals surface area contributed by atoms with Gasteiger partial charge in [0.25, 0.3) is 0 Å². The van der Waals surface area contributed by atoms with Crippen LogP contribution in [0.1, 0.15) is 25.6 Å². The highest BCUT2D eigenvalue weighted by molar-refractivity contribution is 5.71. The Labute approximate surface area is 108 Å². The van der Waals surface area contributed by atoms with E-state index in [1.54, 1.807) is 0 Å². The van der Waals surface area contributed by atoms with E-state index in [0.29, 0.717) is 6.04 Å². The molecule has 4 nitrogen and oxygen atoms in total. The molecule has 1 atom stereocenters. The molecule has 1 aliphatic heterocycles.